The fourth-order valence-electron chi connectivity index (χ4n) is 3.37. The zero-order chi connectivity index (χ0) is 15.3. The molecule has 1 rings (SSSR count). The number of hydrogen-bond donors (Lipinski definition) is 0. The maximum Gasteiger partial charge on any atom is 0.219 e. The lowest BCUT2D eigenvalue weighted by molar-refractivity contribution is -0.130. The molecule has 20 heavy (non-hydrogen) atoms. The van der Waals surface area contributed by atoms with Gasteiger partial charge in [0.15, 0.2) is 0 Å². The Kier molecular flexibility index (Phi) is 6.74. The number of allylic oxidation sites excluding steroid dienone is 2. The summed E-state index contributed by atoms with van der Waals surface area (Å²) < 4.78 is 0. The molecule has 0 heterocycles. The van der Waals surface area contributed by atoms with Crippen LogP contribution in [0.2, 0.25) is 0 Å². The van der Waals surface area contributed by atoms with Gasteiger partial charge in [0.2, 0.25) is 5.91 Å². The predicted octanol–water partition coefficient (Wildman–Crippen LogP) is 3.03. The van der Waals surface area contributed by atoms with Gasteiger partial charge in [-0.05, 0) is 58.2 Å². The van der Waals surface area contributed by atoms with Crippen molar-refractivity contribution in [2.75, 3.05) is 33.7 Å². The van der Waals surface area contributed by atoms with Crippen molar-refractivity contribution >= 4 is 5.91 Å². The van der Waals surface area contributed by atoms with E-state index >= 15 is 0 Å². The van der Waals surface area contributed by atoms with Gasteiger partial charge in [-0.25, -0.2) is 0 Å². The minimum Gasteiger partial charge on any atom is -0.343 e. The monoisotopic (exact) mass is 280 g/mol. The zero-order valence-corrected chi connectivity index (χ0v) is 14.1. The first-order chi connectivity index (χ1) is 9.31. The Hall–Kier alpha value is -0.830. The average Bonchev–Trinajstić information content (AvgIpc) is 2.30. The number of nitrogens with zero attached hydrogens (tertiary/aromatic N) is 2. The highest BCUT2D eigenvalue weighted by Gasteiger charge is 2.29. The van der Waals surface area contributed by atoms with Gasteiger partial charge < -0.3 is 9.80 Å². The van der Waals surface area contributed by atoms with Crippen LogP contribution in [-0.2, 0) is 4.79 Å². The second kappa shape index (κ2) is 7.82. The fraction of sp³-hybridized carbons (Fsp3) is 0.824. The van der Waals surface area contributed by atoms with Crippen LogP contribution in [0.1, 0.15) is 40.5 Å². The molecule has 0 bridgehead atoms. The summed E-state index contributed by atoms with van der Waals surface area (Å²) in [6, 6.07) is 0. The highest BCUT2D eigenvalue weighted by Crippen LogP contribution is 2.34. The number of amides is 1. The Morgan fingerprint density at radius 1 is 1.30 bits per heavy atom. The third-order valence-corrected chi connectivity index (χ3v) is 4.51. The van der Waals surface area contributed by atoms with Crippen LogP contribution < -0.4 is 0 Å². The quantitative estimate of drug-likeness (QED) is 0.698. The molecule has 0 fully saturated rings. The fourth-order valence-corrected chi connectivity index (χ4v) is 3.37. The molecule has 0 aliphatic heterocycles. The molecule has 0 aromatic carbocycles. The molecule has 0 spiro atoms. The molecule has 116 valence electrons. The molecule has 1 amide bonds. The first-order valence-electron chi connectivity index (χ1n) is 7.88. The normalized spacial score (nSPS) is 26.6. The first-order valence-corrected chi connectivity index (χ1v) is 7.88. The van der Waals surface area contributed by atoms with Crippen molar-refractivity contribution < 1.29 is 4.79 Å². The Morgan fingerprint density at radius 2 is 1.95 bits per heavy atom. The van der Waals surface area contributed by atoms with Crippen LogP contribution >= 0.6 is 0 Å². The molecule has 0 unspecified atom stereocenters. The minimum atomic E-state index is 0.217. The van der Waals surface area contributed by atoms with E-state index in [1.807, 2.05) is 0 Å². The molecule has 0 N–H and O–H groups in total. The van der Waals surface area contributed by atoms with Gasteiger partial charge in [0, 0.05) is 20.0 Å². The summed E-state index contributed by atoms with van der Waals surface area (Å²) in [5, 5.41) is 0. The van der Waals surface area contributed by atoms with E-state index in [0.717, 1.165) is 26.1 Å². The molecule has 0 aromatic rings. The summed E-state index contributed by atoms with van der Waals surface area (Å²) in [7, 11) is 4.16. The van der Waals surface area contributed by atoms with Crippen LogP contribution in [0.3, 0.4) is 0 Å². The van der Waals surface area contributed by atoms with Gasteiger partial charge in [-0.3, -0.25) is 4.79 Å². The molecule has 0 radical (unpaired) electrons. The van der Waals surface area contributed by atoms with Crippen molar-refractivity contribution in [1.29, 1.82) is 0 Å². The number of hydrogen-bond acceptors (Lipinski definition) is 2. The largest absolute Gasteiger partial charge is 0.343 e. The van der Waals surface area contributed by atoms with E-state index in [-0.39, 0.29) is 5.91 Å². The first kappa shape index (κ1) is 17.2. The van der Waals surface area contributed by atoms with Crippen molar-refractivity contribution in [3.63, 3.8) is 0 Å². The Bertz CT molecular complexity index is 349. The summed E-state index contributed by atoms with van der Waals surface area (Å²) in [6.07, 6.45) is 4.62. The number of carbonyl (C=O) groups excluding carboxylic acids is 1. The summed E-state index contributed by atoms with van der Waals surface area (Å²) in [5.74, 6) is 2.07. The van der Waals surface area contributed by atoms with E-state index in [1.54, 1.807) is 6.92 Å². The molecule has 3 heteroatoms. The summed E-state index contributed by atoms with van der Waals surface area (Å²) in [6.45, 7) is 11.4. The average molecular weight is 280 g/mol. The number of rotatable bonds is 6. The van der Waals surface area contributed by atoms with E-state index in [2.05, 4.69) is 50.7 Å². The van der Waals surface area contributed by atoms with E-state index in [0.29, 0.717) is 17.8 Å². The third-order valence-electron chi connectivity index (χ3n) is 4.51. The Morgan fingerprint density at radius 3 is 2.45 bits per heavy atom. The van der Waals surface area contributed by atoms with E-state index < -0.39 is 0 Å². The standard InChI is InChI=1S/C17H32N2O/c1-13-10-14(2)17(15(3)11-13)12-19(16(4)20)9-7-8-18(5)6/h10,14-15,17H,7-9,11-12H2,1-6H3/t14-,15-,17-/m1/s1. The molecule has 3 atom stereocenters. The summed E-state index contributed by atoms with van der Waals surface area (Å²) in [5.41, 5.74) is 1.50. The molecule has 0 aromatic heterocycles. The highest BCUT2D eigenvalue weighted by atomic mass is 16.2. The number of carbonyl (C=O) groups is 1. The van der Waals surface area contributed by atoms with Gasteiger partial charge in [0.1, 0.15) is 0 Å². The lowest BCUT2D eigenvalue weighted by Gasteiger charge is -2.37. The third kappa shape index (κ3) is 5.28. The van der Waals surface area contributed by atoms with E-state index in [1.165, 1.54) is 12.0 Å². The van der Waals surface area contributed by atoms with Crippen LogP contribution in [0.5, 0.6) is 0 Å². The molecule has 0 saturated carbocycles. The highest BCUT2D eigenvalue weighted by molar-refractivity contribution is 5.73. The molecule has 1 aliphatic carbocycles. The molecule has 0 saturated heterocycles. The zero-order valence-electron chi connectivity index (χ0n) is 14.1. The SMILES string of the molecule is CC(=O)N(CCCN(C)C)C[C@@H]1[C@H](C)C=C(C)C[C@H]1C. The molecule has 1 aliphatic rings. The maximum atomic E-state index is 11.9. The van der Waals surface area contributed by atoms with Gasteiger partial charge >= 0.3 is 0 Å². The van der Waals surface area contributed by atoms with Crippen LogP contribution in [-0.4, -0.2) is 49.4 Å². The van der Waals surface area contributed by atoms with Crippen molar-refractivity contribution in [3.8, 4) is 0 Å². The van der Waals surface area contributed by atoms with Gasteiger partial charge in [0.25, 0.3) is 0 Å². The van der Waals surface area contributed by atoms with Crippen LogP contribution in [0.4, 0.5) is 0 Å². The van der Waals surface area contributed by atoms with E-state index in [9.17, 15) is 4.79 Å². The van der Waals surface area contributed by atoms with E-state index in [4.69, 9.17) is 0 Å². The molecular formula is C17H32N2O. The van der Waals surface area contributed by atoms with Crippen LogP contribution in [0.15, 0.2) is 11.6 Å². The van der Waals surface area contributed by atoms with Crippen molar-refractivity contribution in [2.45, 2.75) is 40.5 Å². The molecular weight excluding hydrogens is 248 g/mol. The second-order valence-electron chi connectivity index (χ2n) is 6.84. The lowest BCUT2D eigenvalue weighted by Crippen LogP contribution is -2.40. The minimum absolute atomic E-state index is 0.217. The summed E-state index contributed by atoms with van der Waals surface area (Å²) >= 11 is 0. The van der Waals surface area contributed by atoms with Crippen LogP contribution in [0.25, 0.3) is 0 Å². The van der Waals surface area contributed by atoms with Crippen molar-refractivity contribution in [1.82, 2.24) is 9.80 Å². The van der Waals surface area contributed by atoms with Gasteiger partial charge in [-0.1, -0.05) is 25.5 Å². The smallest absolute Gasteiger partial charge is 0.219 e. The predicted molar refractivity (Wildman–Crippen MR) is 85.6 cm³/mol. The van der Waals surface area contributed by atoms with Crippen molar-refractivity contribution in [3.05, 3.63) is 11.6 Å². The molecule has 3 nitrogen and oxygen atoms in total. The summed E-state index contributed by atoms with van der Waals surface area (Å²) in [4.78, 5) is 16.1. The van der Waals surface area contributed by atoms with Gasteiger partial charge in [-0.15, -0.1) is 0 Å². The Balaban J connectivity index is 2.59. The van der Waals surface area contributed by atoms with Gasteiger partial charge in [-0.2, -0.15) is 0 Å². The topological polar surface area (TPSA) is 23.6 Å². The maximum absolute atomic E-state index is 11.9. The van der Waals surface area contributed by atoms with Crippen molar-refractivity contribution in [2.24, 2.45) is 17.8 Å². The second-order valence-corrected chi connectivity index (χ2v) is 6.84. The van der Waals surface area contributed by atoms with Crippen LogP contribution in [0, 0.1) is 17.8 Å². The van der Waals surface area contributed by atoms with Gasteiger partial charge in [0.05, 0.1) is 0 Å². The Labute approximate surface area is 125 Å². The lowest BCUT2D eigenvalue weighted by atomic mass is 9.74.